The maximum absolute atomic E-state index is 14.2. The molecule has 0 amide bonds. The van der Waals surface area contributed by atoms with Crippen molar-refractivity contribution in [2.45, 2.75) is 26.8 Å². The van der Waals surface area contributed by atoms with Crippen molar-refractivity contribution in [1.82, 2.24) is 4.57 Å². The van der Waals surface area contributed by atoms with Gasteiger partial charge in [-0.15, -0.1) is 0 Å². The molecule has 0 radical (unpaired) electrons. The van der Waals surface area contributed by atoms with Crippen LogP contribution in [0.3, 0.4) is 0 Å². The Morgan fingerprint density at radius 2 is 2.00 bits per heavy atom. The number of halogens is 1. The molecule has 0 aliphatic heterocycles. The SMILES string of the molecule is CCCn1c2ccc(C(C)=O)cc2c2cccc(F)c21. The Balaban J connectivity index is 2.46. The van der Waals surface area contributed by atoms with Crippen molar-refractivity contribution in [2.75, 3.05) is 0 Å². The first-order valence-electron chi connectivity index (χ1n) is 6.85. The molecule has 0 aliphatic carbocycles. The van der Waals surface area contributed by atoms with Crippen LogP contribution in [0.25, 0.3) is 21.8 Å². The highest BCUT2D eigenvalue weighted by atomic mass is 19.1. The average Bonchev–Trinajstić information content (AvgIpc) is 2.75. The van der Waals surface area contributed by atoms with Gasteiger partial charge in [0.2, 0.25) is 0 Å². The summed E-state index contributed by atoms with van der Waals surface area (Å²) in [5, 5.41) is 1.82. The number of hydrogen-bond donors (Lipinski definition) is 0. The van der Waals surface area contributed by atoms with Crippen molar-refractivity contribution < 1.29 is 9.18 Å². The molecule has 0 atom stereocenters. The number of ketones is 1. The van der Waals surface area contributed by atoms with Gasteiger partial charge in [0, 0.05) is 28.4 Å². The lowest BCUT2D eigenvalue weighted by molar-refractivity contribution is 0.101. The topological polar surface area (TPSA) is 22.0 Å². The molecule has 0 bridgehead atoms. The molecule has 0 saturated carbocycles. The van der Waals surface area contributed by atoms with Crippen LogP contribution in [0, 0.1) is 5.82 Å². The van der Waals surface area contributed by atoms with E-state index in [-0.39, 0.29) is 11.6 Å². The molecule has 2 nitrogen and oxygen atoms in total. The number of benzene rings is 2. The number of carbonyl (C=O) groups excluding carboxylic acids is 1. The summed E-state index contributed by atoms with van der Waals surface area (Å²) in [5.41, 5.74) is 2.28. The Bertz CT molecular complexity index is 817. The third-order valence-electron chi connectivity index (χ3n) is 3.69. The van der Waals surface area contributed by atoms with Gasteiger partial charge in [-0.25, -0.2) is 4.39 Å². The predicted molar refractivity (Wildman–Crippen MR) is 79.7 cm³/mol. The van der Waals surface area contributed by atoms with Gasteiger partial charge in [-0.05, 0) is 37.6 Å². The van der Waals surface area contributed by atoms with E-state index in [1.165, 1.54) is 6.07 Å². The fourth-order valence-corrected chi connectivity index (χ4v) is 2.79. The lowest BCUT2D eigenvalue weighted by Gasteiger charge is -2.05. The summed E-state index contributed by atoms with van der Waals surface area (Å²) >= 11 is 0. The molecule has 102 valence electrons. The van der Waals surface area contributed by atoms with Crippen LogP contribution in [0.4, 0.5) is 4.39 Å². The van der Waals surface area contributed by atoms with Crippen molar-refractivity contribution in [2.24, 2.45) is 0 Å². The Hall–Kier alpha value is -2.16. The second-order valence-corrected chi connectivity index (χ2v) is 5.08. The zero-order chi connectivity index (χ0) is 14.3. The van der Waals surface area contributed by atoms with Crippen molar-refractivity contribution in [1.29, 1.82) is 0 Å². The number of rotatable bonds is 3. The third kappa shape index (κ3) is 1.82. The van der Waals surface area contributed by atoms with Crippen molar-refractivity contribution in [3.05, 3.63) is 47.8 Å². The second kappa shape index (κ2) is 4.75. The van der Waals surface area contributed by atoms with E-state index in [1.54, 1.807) is 13.0 Å². The van der Waals surface area contributed by atoms with Crippen molar-refractivity contribution in [3.8, 4) is 0 Å². The van der Waals surface area contributed by atoms with Gasteiger partial charge in [-0.2, -0.15) is 0 Å². The van der Waals surface area contributed by atoms with E-state index in [4.69, 9.17) is 0 Å². The van der Waals surface area contributed by atoms with Crippen molar-refractivity contribution in [3.63, 3.8) is 0 Å². The maximum Gasteiger partial charge on any atom is 0.159 e. The van der Waals surface area contributed by atoms with Crippen LogP contribution in [0.5, 0.6) is 0 Å². The number of fused-ring (bicyclic) bond motifs is 3. The fourth-order valence-electron chi connectivity index (χ4n) is 2.79. The van der Waals surface area contributed by atoms with Gasteiger partial charge < -0.3 is 4.57 Å². The lowest BCUT2D eigenvalue weighted by atomic mass is 10.1. The molecule has 0 fully saturated rings. The normalized spacial score (nSPS) is 11.3. The standard InChI is InChI=1S/C17H16FNO/c1-3-9-19-16-8-7-12(11(2)20)10-14(16)13-5-4-6-15(18)17(13)19/h4-8,10H,3,9H2,1-2H3. The molecule has 0 unspecified atom stereocenters. The minimum absolute atomic E-state index is 0.0275. The van der Waals surface area contributed by atoms with E-state index in [2.05, 4.69) is 6.92 Å². The third-order valence-corrected chi connectivity index (χ3v) is 3.69. The quantitative estimate of drug-likeness (QED) is 0.639. The molecular formula is C17H16FNO. The molecule has 3 rings (SSSR count). The highest BCUT2D eigenvalue weighted by molar-refractivity contribution is 6.10. The average molecular weight is 269 g/mol. The summed E-state index contributed by atoms with van der Waals surface area (Å²) in [6.07, 6.45) is 0.932. The summed E-state index contributed by atoms with van der Waals surface area (Å²) in [7, 11) is 0. The van der Waals surface area contributed by atoms with Crippen LogP contribution in [0.2, 0.25) is 0 Å². The molecule has 1 heterocycles. The molecule has 1 aromatic heterocycles. The van der Waals surface area contributed by atoms with Crippen LogP contribution >= 0.6 is 0 Å². The monoisotopic (exact) mass is 269 g/mol. The van der Waals surface area contributed by atoms with Crippen LogP contribution < -0.4 is 0 Å². The number of aromatic nitrogens is 1. The molecule has 2 aromatic carbocycles. The van der Waals surface area contributed by atoms with E-state index >= 15 is 0 Å². The number of hydrogen-bond acceptors (Lipinski definition) is 1. The predicted octanol–water partition coefficient (Wildman–Crippen LogP) is 4.55. The van der Waals surface area contributed by atoms with E-state index in [9.17, 15) is 9.18 Å². The maximum atomic E-state index is 14.2. The molecule has 0 saturated heterocycles. The van der Waals surface area contributed by atoms with Gasteiger partial charge in [0.25, 0.3) is 0 Å². The summed E-state index contributed by atoms with van der Waals surface area (Å²) in [5.74, 6) is -0.184. The largest absolute Gasteiger partial charge is 0.338 e. The summed E-state index contributed by atoms with van der Waals surface area (Å²) in [6, 6.07) is 10.7. The van der Waals surface area contributed by atoms with Crippen LogP contribution in [-0.2, 0) is 6.54 Å². The summed E-state index contributed by atoms with van der Waals surface area (Å²) in [4.78, 5) is 11.5. The van der Waals surface area contributed by atoms with Gasteiger partial charge in [-0.1, -0.05) is 19.1 Å². The van der Waals surface area contributed by atoms with E-state index in [0.29, 0.717) is 11.1 Å². The number of carbonyl (C=O) groups is 1. The number of aryl methyl sites for hydroxylation is 1. The zero-order valence-electron chi connectivity index (χ0n) is 11.6. The van der Waals surface area contributed by atoms with Gasteiger partial charge >= 0.3 is 0 Å². The highest BCUT2D eigenvalue weighted by Crippen LogP contribution is 2.31. The Morgan fingerprint density at radius 3 is 2.70 bits per heavy atom. The lowest BCUT2D eigenvalue weighted by Crippen LogP contribution is -1.98. The summed E-state index contributed by atoms with van der Waals surface area (Å²) in [6.45, 7) is 4.38. The molecule has 0 spiro atoms. The molecule has 20 heavy (non-hydrogen) atoms. The van der Waals surface area contributed by atoms with Crippen LogP contribution in [-0.4, -0.2) is 10.4 Å². The first-order valence-corrected chi connectivity index (χ1v) is 6.85. The minimum atomic E-state index is -0.212. The smallest absolute Gasteiger partial charge is 0.159 e. The number of Topliss-reactive ketones (excluding diaryl/α,β-unsaturated/α-hetero) is 1. The Labute approximate surface area is 116 Å². The number of nitrogens with zero attached hydrogens (tertiary/aromatic N) is 1. The highest BCUT2D eigenvalue weighted by Gasteiger charge is 2.14. The Kier molecular flexibility index (Phi) is 3.05. The van der Waals surface area contributed by atoms with E-state index in [1.807, 2.05) is 28.8 Å². The van der Waals surface area contributed by atoms with E-state index < -0.39 is 0 Å². The van der Waals surface area contributed by atoms with Crippen LogP contribution in [0.1, 0.15) is 30.6 Å². The Morgan fingerprint density at radius 1 is 1.20 bits per heavy atom. The molecule has 3 aromatic rings. The van der Waals surface area contributed by atoms with Gasteiger partial charge in [0.15, 0.2) is 5.78 Å². The van der Waals surface area contributed by atoms with Crippen LogP contribution in [0.15, 0.2) is 36.4 Å². The zero-order valence-corrected chi connectivity index (χ0v) is 11.6. The second-order valence-electron chi connectivity index (χ2n) is 5.08. The molecule has 3 heteroatoms. The molecular weight excluding hydrogens is 253 g/mol. The van der Waals surface area contributed by atoms with E-state index in [0.717, 1.165) is 29.3 Å². The first-order chi connectivity index (χ1) is 9.63. The van der Waals surface area contributed by atoms with Gasteiger partial charge in [0.05, 0.1) is 5.52 Å². The van der Waals surface area contributed by atoms with Gasteiger partial charge in [-0.3, -0.25) is 4.79 Å². The first kappa shape index (κ1) is 12.9. The number of para-hydroxylation sites is 1. The minimum Gasteiger partial charge on any atom is -0.338 e. The molecule has 0 N–H and O–H groups in total. The summed E-state index contributed by atoms with van der Waals surface area (Å²) < 4.78 is 16.2. The van der Waals surface area contributed by atoms with Gasteiger partial charge in [0.1, 0.15) is 5.82 Å². The molecule has 0 aliphatic rings. The fraction of sp³-hybridized carbons (Fsp3) is 0.235. The van der Waals surface area contributed by atoms with Crippen molar-refractivity contribution >= 4 is 27.6 Å².